The summed E-state index contributed by atoms with van der Waals surface area (Å²) in [5.74, 6) is 0.261. The maximum absolute atomic E-state index is 12.5. The first-order valence-electron chi connectivity index (χ1n) is 6.72. The van der Waals surface area contributed by atoms with Crippen molar-refractivity contribution in [2.45, 2.75) is 25.3 Å². The highest BCUT2D eigenvalue weighted by Crippen LogP contribution is 2.27. The number of ether oxygens (including phenoxy) is 1. The van der Waals surface area contributed by atoms with E-state index in [0.29, 0.717) is 5.02 Å². The van der Waals surface area contributed by atoms with Crippen molar-refractivity contribution in [3.05, 3.63) is 58.1 Å². The minimum atomic E-state index is -3.71. The average molecular weight is 340 g/mol. The summed E-state index contributed by atoms with van der Waals surface area (Å²) in [4.78, 5) is 0.0341. The predicted octanol–water partition coefficient (Wildman–Crippen LogP) is 3.44. The normalized spacial score (nSPS) is 11.5. The van der Waals surface area contributed by atoms with Crippen LogP contribution in [0, 0.1) is 13.8 Å². The summed E-state index contributed by atoms with van der Waals surface area (Å²) in [6.45, 7) is 4.16. The van der Waals surface area contributed by atoms with E-state index in [1.54, 1.807) is 6.07 Å². The van der Waals surface area contributed by atoms with Gasteiger partial charge in [-0.05, 0) is 37.6 Å². The number of hydrogen-bond acceptors (Lipinski definition) is 3. The van der Waals surface area contributed by atoms with Gasteiger partial charge in [-0.1, -0.05) is 40.9 Å². The van der Waals surface area contributed by atoms with Gasteiger partial charge in [-0.15, -0.1) is 0 Å². The Bertz CT molecular complexity index is 768. The van der Waals surface area contributed by atoms with Gasteiger partial charge in [0.15, 0.2) is 0 Å². The Labute approximate surface area is 136 Å². The first-order chi connectivity index (χ1) is 10.3. The summed E-state index contributed by atoms with van der Waals surface area (Å²) in [5, 5.41) is 0.340. The lowest BCUT2D eigenvalue weighted by molar-refractivity contribution is 0.402. The molecule has 1 N–H and O–H groups in total. The van der Waals surface area contributed by atoms with E-state index in [0.717, 1.165) is 16.7 Å². The Kier molecular flexibility index (Phi) is 5.11. The molecule has 2 aromatic rings. The molecule has 0 aromatic heterocycles. The molecule has 0 spiro atoms. The molecule has 0 aliphatic heterocycles. The molecule has 0 atom stereocenters. The molecule has 4 nitrogen and oxygen atoms in total. The Morgan fingerprint density at radius 3 is 2.32 bits per heavy atom. The van der Waals surface area contributed by atoms with Crippen LogP contribution in [0.5, 0.6) is 5.75 Å². The largest absolute Gasteiger partial charge is 0.495 e. The van der Waals surface area contributed by atoms with Crippen molar-refractivity contribution in [1.82, 2.24) is 4.72 Å². The maximum atomic E-state index is 12.5. The number of aryl methyl sites for hydroxylation is 2. The minimum absolute atomic E-state index is 0.0341. The lowest BCUT2D eigenvalue weighted by Crippen LogP contribution is -2.23. The fourth-order valence-corrected chi connectivity index (χ4v) is 3.74. The number of nitrogens with one attached hydrogen (secondary N) is 1. The van der Waals surface area contributed by atoms with E-state index in [9.17, 15) is 8.42 Å². The van der Waals surface area contributed by atoms with Crippen molar-refractivity contribution >= 4 is 21.6 Å². The van der Waals surface area contributed by atoms with Crippen LogP contribution in [0.4, 0.5) is 0 Å². The first-order valence-corrected chi connectivity index (χ1v) is 8.58. The van der Waals surface area contributed by atoms with Crippen molar-refractivity contribution in [2.75, 3.05) is 7.11 Å². The number of benzene rings is 2. The molecule has 118 valence electrons. The van der Waals surface area contributed by atoms with Crippen molar-refractivity contribution in [2.24, 2.45) is 0 Å². The number of hydrogen-bond donors (Lipinski definition) is 1. The fourth-order valence-electron chi connectivity index (χ4n) is 2.29. The smallest absolute Gasteiger partial charge is 0.244 e. The molecule has 6 heteroatoms. The van der Waals surface area contributed by atoms with Gasteiger partial charge < -0.3 is 4.74 Å². The summed E-state index contributed by atoms with van der Waals surface area (Å²) >= 11 is 5.89. The molecule has 2 aromatic carbocycles. The molecule has 0 amide bonds. The summed E-state index contributed by atoms with van der Waals surface area (Å²) in [5.41, 5.74) is 3.09. The van der Waals surface area contributed by atoms with E-state index in [2.05, 4.69) is 4.72 Å². The van der Waals surface area contributed by atoms with Crippen molar-refractivity contribution < 1.29 is 13.2 Å². The molecule has 0 unspecified atom stereocenters. The molecule has 0 aliphatic carbocycles. The molecule has 0 heterocycles. The summed E-state index contributed by atoms with van der Waals surface area (Å²) < 4.78 is 32.6. The van der Waals surface area contributed by atoms with Crippen LogP contribution in [0.1, 0.15) is 16.7 Å². The van der Waals surface area contributed by atoms with E-state index in [1.165, 1.54) is 19.2 Å². The van der Waals surface area contributed by atoms with E-state index < -0.39 is 10.0 Å². The van der Waals surface area contributed by atoms with Crippen LogP contribution in [0.15, 0.2) is 41.3 Å². The molecule has 0 bridgehead atoms. The standard InChI is InChI=1S/C16H18ClNO3S/c1-11-6-12(2)8-13(7-11)10-18-22(19,20)16-9-14(17)4-5-15(16)21-3/h4-9,18H,10H2,1-3H3. The molecular weight excluding hydrogens is 322 g/mol. The van der Waals surface area contributed by atoms with Gasteiger partial charge in [-0.25, -0.2) is 13.1 Å². The number of methoxy groups -OCH3 is 1. The number of rotatable bonds is 5. The highest BCUT2D eigenvalue weighted by atomic mass is 35.5. The first kappa shape index (κ1) is 16.8. The SMILES string of the molecule is COc1ccc(Cl)cc1S(=O)(=O)NCc1cc(C)cc(C)c1. The van der Waals surface area contributed by atoms with E-state index in [-0.39, 0.29) is 17.2 Å². The van der Waals surface area contributed by atoms with Crippen LogP contribution in [0.3, 0.4) is 0 Å². The van der Waals surface area contributed by atoms with Crippen molar-refractivity contribution in [3.63, 3.8) is 0 Å². The van der Waals surface area contributed by atoms with Gasteiger partial charge in [-0.2, -0.15) is 0 Å². The zero-order valence-electron chi connectivity index (χ0n) is 12.7. The highest BCUT2D eigenvalue weighted by Gasteiger charge is 2.19. The molecule has 0 saturated heterocycles. The quantitative estimate of drug-likeness (QED) is 0.907. The van der Waals surface area contributed by atoms with E-state index >= 15 is 0 Å². The summed E-state index contributed by atoms with van der Waals surface area (Å²) in [6, 6.07) is 10.4. The summed E-state index contributed by atoms with van der Waals surface area (Å²) in [6.07, 6.45) is 0. The van der Waals surface area contributed by atoms with Gasteiger partial charge in [0.1, 0.15) is 10.6 Å². The highest BCUT2D eigenvalue weighted by molar-refractivity contribution is 7.89. The molecule has 0 radical (unpaired) electrons. The van der Waals surface area contributed by atoms with Crippen LogP contribution < -0.4 is 9.46 Å². The van der Waals surface area contributed by atoms with E-state index in [1.807, 2.05) is 32.0 Å². The topological polar surface area (TPSA) is 55.4 Å². The van der Waals surface area contributed by atoms with Gasteiger partial charge in [0.2, 0.25) is 10.0 Å². The van der Waals surface area contributed by atoms with Crippen LogP contribution in [0.2, 0.25) is 5.02 Å². The zero-order chi connectivity index (χ0) is 16.3. The molecular formula is C16H18ClNO3S. The van der Waals surface area contributed by atoms with Gasteiger partial charge in [0.25, 0.3) is 0 Å². The van der Waals surface area contributed by atoms with E-state index in [4.69, 9.17) is 16.3 Å². The third kappa shape index (κ3) is 4.00. The number of halogens is 1. The van der Waals surface area contributed by atoms with Crippen molar-refractivity contribution in [1.29, 1.82) is 0 Å². The monoisotopic (exact) mass is 339 g/mol. The van der Waals surface area contributed by atoms with Gasteiger partial charge in [0.05, 0.1) is 7.11 Å². The van der Waals surface area contributed by atoms with Crippen LogP contribution in [-0.2, 0) is 16.6 Å². The molecule has 0 saturated carbocycles. The molecule has 0 fully saturated rings. The Hall–Kier alpha value is -1.56. The lowest BCUT2D eigenvalue weighted by atomic mass is 10.1. The Balaban J connectivity index is 2.26. The zero-order valence-corrected chi connectivity index (χ0v) is 14.3. The number of sulfonamides is 1. The second-order valence-electron chi connectivity index (χ2n) is 5.12. The van der Waals surface area contributed by atoms with Gasteiger partial charge in [0, 0.05) is 11.6 Å². The van der Waals surface area contributed by atoms with Crippen LogP contribution in [0.25, 0.3) is 0 Å². The lowest BCUT2D eigenvalue weighted by Gasteiger charge is -2.12. The molecule has 2 rings (SSSR count). The average Bonchev–Trinajstić information content (AvgIpc) is 2.44. The second-order valence-corrected chi connectivity index (χ2v) is 7.29. The summed E-state index contributed by atoms with van der Waals surface area (Å²) in [7, 11) is -2.29. The van der Waals surface area contributed by atoms with Crippen molar-refractivity contribution in [3.8, 4) is 5.75 Å². The fraction of sp³-hybridized carbons (Fsp3) is 0.250. The second kappa shape index (κ2) is 6.69. The molecule has 0 aliphatic rings. The Morgan fingerprint density at radius 1 is 1.09 bits per heavy atom. The van der Waals surface area contributed by atoms with Gasteiger partial charge in [-0.3, -0.25) is 0 Å². The van der Waals surface area contributed by atoms with Crippen LogP contribution in [-0.4, -0.2) is 15.5 Å². The van der Waals surface area contributed by atoms with Crippen LogP contribution >= 0.6 is 11.6 Å². The Morgan fingerprint density at radius 2 is 1.73 bits per heavy atom. The predicted molar refractivity (Wildman–Crippen MR) is 87.9 cm³/mol. The third-order valence-corrected chi connectivity index (χ3v) is 4.82. The molecule has 22 heavy (non-hydrogen) atoms. The minimum Gasteiger partial charge on any atom is -0.495 e. The third-order valence-electron chi connectivity index (χ3n) is 3.16. The van der Waals surface area contributed by atoms with Gasteiger partial charge >= 0.3 is 0 Å². The maximum Gasteiger partial charge on any atom is 0.244 e.